The molecule has 1 aromatic carbocycles. The van der Waals surface area contributed by atoms with Crippen LogP contribution in [0, 0.1) is 0 Å². The van der Waals surface area contributed by atoms with Crippen LogP contribution in [-0.4, -0.2) is 49.5 Å². The zero-order valence-electron chi connectivity index (χ0n) is 14.0. The SMILES string of the molecule is O=C(CSc1nnnn1-c1ccc(O)cc1)NC(=O)NCCc1cccs1. The predicted octanol–water partition coefficient (Wildman–Crippen LogP) is 1.59. The second-order valence-electron chi connectivity index (χ2n) is 5.31. The molecule has 0 unspecified atom stereocenters. The molecule has 0 aliphatic carbocycles. The minimum Gasteiger partial charge on any atom is -0.508 e. The maximum absolute atomic E-state index is 11.9. The lowest BCUT2D eigenvalue weighted by molar-refractivity contribution is -0.117. The van der Waals surface area contributed by atoms with E-state index in [1.807, 2.05) is 17.5 Å². The van der Waals surface area contributed by atoms with Crippen LogP contribution in [0.15, 0.2) is 46.9 Å². The number of urea groups is 1. The van der Waals surface area contributed by atoms with Crippen LogP contribution in [0.25, 0.3) is 5.69 Å². The van der Waals surface area contributed by atoms with E-state index in [4.69, 9.17) is 0 Å². The number of phenols is 1. The highest BCUT2D eigenvalue weighted by atomic mass is 32.2. The Balaban J connectivity index is 1.44. The van der Waals surface area contributed by atoms with Gasteiger partial charge in [-0.15, -0.1) is 16.4 Å². The molecule has 11 heteroatoms. The van der Waals surface area contributed by atoms with Gasteiger partial charge in [-0.05, 0) is 52.6 Å². The zero-order valence-corrected chi connectivity index (χ0v) is 15.7. The standard InChI is InChI=1S/C16H16N6O3S2/c23-12-5-3-11(4-6-12)22-16(19-20-21-22)27-10-14(24)18-15(25)17-8-7-13-2-1-9-26-13/h1-6,9,23H,7-8,10H2,(H2,17,18,24,25). The second-order valence-corrected chi connectivity index (χ2v) is 7.29. The topological polar surface area (TPSA) is 122 Å². The molecule has 3 rings (SSSR count). The molecule has 2 aromatic heterocycles. The number of thiophene rings is 1. The van der Waals surface area contributed by atoms with Crippen LogP contribution in [0.1, 0.15) is 4.88 Å². The smallest absolute Gasteiger partial charge is 0.321 e. The van der Waals surface area contributed by atoms with Gasteiger partial charge >= 0.3 is 6.03 Å². The molecule has 9 nitrogen and oxygen atoms in total. The van der Waals surface area contributed by atoms with Crippen molar-refractivity contribution in [3.63, 3.8) is 0 Å². The van der Waals surface area contributed by atoms with E-state index in [0.717, 1.165) is 18.2 Å². The molecule has 0 radical (unpaired) electrons. The van der Waals surface area contributed by atoms with E-state index in [9.17, 15) is 14.7 Å². The van der Waals surface area contributed by atoms with Gasteiger partial charge in [0.05, 0.1) is 11.4 Å². The molecule has 0 atom stereocenters. The molecule has 27 heavy (non-hydrogen) atoms. The second kappa shape index (κ2) is 9.14. The highest BCUT2D eigenvalue weighted by Gasteiger charge is 2.13. The lowest BCUT2D eigenvalue weighted by Crippen LogP contribution is -2.41. The number of hydrogen-bond donors (Lipinski definition) is 3. The van der Waals surface area contributed by atoms with E-state index in [1.165, 1.54) is 21.7 Å². The maximum Gasteiger partial charge on any atom is 0.321 e. The first-order valence-electron chi connectivity index (χ1n) is 7.92. The summed E-state index contributed by atoms with van der Waals surface area (Å²) < 4.78 is 1.44. The van der Waals surface area contributed by atoms with Gasteiger partial charge in [-0.2, -0.15) is 4.68 Å². The minimum absolute atomic E-state index is 0.0171. The third-order valence-electron chi connectivity index (χ3n) is 3.36. The summed E-state index contributed by atoms with van der Waals surface area (Å²) >= 11 is 2.72. The van der Waals surface area contributed by atoms with Gasteiger partial charge in [0, 0.05) is 11.4 Å². The molecular weight excluding hydrogens is 388 g/mol. The quantitative estimate of drug-likeness (QED) is 0.511. The van der Waals surface area contributed by atoms with Gasteiger partial charge in [-0.25, -0.2) is 4.79 Å². The van der Waals surface area contributed by atoms with Crippen molar-refractivity contribution < 1.29 is 14.7 Å². The van der Waals surface area contributed by atoms with Gasteiger partial charge in [-0.1, -0.05) is 17.8 Å². The summed E-state index contributed by atoms with van der Waals surface area (Å²) in [6.07, 6.45) is 0.718. The number of imide groups is 1. The van der Waals surface area contributed by atoms with Crippen molar-refractivity contribution in [3.8, 4) is 11.4 Å². The summed E-state index contributed by atoms with van der Waals surface area (Å²) in [5.41, 5.74) is 0.645. The van der Waals surface area contributed by atoms with E-state index in [-0.39, 0.29) is 11.5 Å². The Hall–Kier alpha value is -2.92. The number of benzene rings is 1. The predicted molar refractivity (Wildman–Crippen MR) is 101 cm³/mol. The van der Waals surface area contributed by atoms with Crippen molar-refractivity contribution >= 4 is 35.0 Å². The fraction of sp³-hybridized carbons (Fsp3) is 0.188. The summed E-state index contributed by atoms with van der Waals surface area (Å²) in [5.74, 6) is -0.337. The number of carbonyl (C=O) groups is 2. The Morgan fingerprint density at radius 1 is 1.22 bits per heavy atom. The summed E-state index contributed by atoms with van der Waals surface area (Å²) in [4.78, 5) is 24.8. The van der Waals surface area contributed by atoms with Crippen molar-refractivity contribution in [2.24, 2.45) is 0 Å². The number of nitrogens with zero attached hydrogens (tertiary/aromatic N) is 4. The van der Waals surface area contributed by atoms with Gasteiger partial charge in [0.2, 0.25) is 11.1 Å². The third-order valence-corrected chi connectivity index (χ3v) is 5.21. The normalized spacial score (nSPS) is 10.5. The van der Waals surface area contributed by atoms with Crippen molar-refractivity contribution in [2.45, 2.75) is 11.6 Å². The van der Waals surface area contributed by atoms with E-state index in [2.05, 4.69) is 26.2 Å². The molecule has 2 heterocycles. The Labute approximate surface area is 162 Å². The molecule has 0 aliphatic rings. The highest BCUT2D eigenvalue weighted by molar-refractivity contribution is 7.99. The molecule has 0 saturated carbocycles. The zero-order chi connectivity index (χ0) is 19.1. The van der Waals surface area contributed by atoms with E-state index >= 15 is 0 Å². The molecule has 3 aromatic rings. The van der Waals surface area contributed by atoms with E-state index < -0.39 is 11.9 Å². The Morgan fingerprint density at radius 3 is 2.78 bits per heavy atom. The molecule has 3 N–H and O–H groups in total. The fourth-order valence-corrected chi connectivity index (χ4v) is 3.52. The number of carbonyl (C=O) groups excluding carboxylic acids is 2. The monoisotopic (exact) mass is 404 g/mol. The Morgan fingerprint density at radius 2 is 2.04 bits per heavy atom. The minimum atomic E-state index is -0.532. The number of hydrogen-bond acceptors (Lipinski definition) is 8. The first-order valence-corrected chi connectivity index (χ1v) is 9.79. The van der Waals surface area contributed by atoms with Crippen molar-refractivity contribution in [2.75, 3.05) is 12.3 Å². The first-order chi connectivity index (χ1) is 13.1. The molecule has 0 saturated heterocycles. The number of nitrogens with one attached hydrogen (secondary N) is 2. The lowest BCUT2D eigenvalue weighted by atomic mass is 10.3. The van der Waals surface area contributed by atoms with Gasteiger partial charge in [0.1, 0.15) is 5.75 Å². The van der Waals surface area contributed by atoms with Crippen molar-refractivity contribution in [1.82, 2.24) is 30.8 Å². The molecule has 0 bridgehead atoms. The van der Waals surface area contributed by atoms with Crippen LogP contribution >= 0.6 is 23.1 Å². The number of tetrazole rings is 1. The van der Waals surface area contributed by atoms with Gasteiger partial charge in [0.15, 0.2) is 0 Å². The number of aromatic hydroxyl groups is 1. The molecule has 3 amide bonds. The third kappa shape index (κ3) is 5.53. The van der Waals surface area contributed by atoms with Crippen LogP contribution in [0.3, 0.4) is 0 Å². The summed E-state index contributed by atoms with van der Waals surface area (Å²) in [5, 5.41) is 28.0. The van der Waals surface area contributed by atoms with Crippen LogP contribution in [0.4, 0.5) is 4.79 Å². The van der Waals surface area contributed by atoms with Gasteiger partial charge < -0.3 is 10.4 Å². The molecule has 140 valence electrons. The number of rotatable bonds is 7. The Kier molecular flexibility index (Phi) is 6.39. The number of phenolic OH excluding ortho intramolecular Hbond substituents is 1. The number of aromatic nitrogens is 4. The van der Waals surface area contributed by atoms with E-state index in [0.29, 0.717) is 17.4 Å². The number of amides is 3. The summed E-state index contributed by atoms with van der Waals surface area (Å²) in [6, 6.07) is 9.73. The lowest BCUT2D eigenvalue weighted by Gasteiger charge is -2.06. The van der Waals surface area contributed by atoms with Crippen LogP contribution in [-0.2, 0) is 11.2 Å². The van der Waals surface area contributed by atoms with E-state index in [1.54, 1.807) is 23.5 Å². The van der Waals surface area contributed by atoms with Crippen LogP contribution in [0.2, 0.25) is 0 Å². The highest BCUT2D eigenvalue weighted by Crippen LogP contribution is 2.19. The molecule has 0 aliphatic heterocycles. The Bertz CT molecular complexity index is 895. The summed E-state index contributed by atoms with van der Waals surface area (Å²) in [6.45, 7) is 0.450. The summed E-state index contributed by atoms with van der Waals surface area (Å²) in [7, 11) is 0. The molecule has 0 spiro atoms. The maximum atomic E-state index is 11.9. The largest absolute Gasteiger partial charge is 0.508 e. The van der Waals surface area contributed by atoms with Crippen molar-refractivity contribution in [1.29, 1.82) is 0 Å². The average molecular weight is 404 g/mol. The van der Waals surface area contributed by atoms with Crippen LogP contribution in [0.5, 0.6) is 5.75 Å². The van der Waals surface area contributed by atoms with Gasteiger partial charge in [0.25, 0.3) is 0 Å². The molecular formula is C16H16N6O3S2. The first kappa shape index (κ1) is 18.9. The van der Waals surface area contributed by atoms with Crippen molar-refractivity contribution in [3.05, 3.63) is 46.7 Å². The number of thioether (sulfide) groups is 1. The average Bonchev–Trinajstić information content (AvgIpc) is 3.32. The van der Waals surface area contributed by atoms with Gasteiger partial charge in [-0.3, -0.25) is 10.1 Å². The fourth-order valence-electron chi connectivity index (χ4n) is 2.12. The van der Waals surface area contributed by atoms with Crippen LogP contribution < -0.4 is 10.6 Å². The molecule has 0 fully saturated rings.